The first-order chi connectivity index (χ1) is 13.5. The third kappa shape index (κ3) is 3.14. The second-order valence-electron chi connectivity index (χ2n) is 6.44. The van der Waals surface area contributed by atoms with Crippen LogP contribution in [0.25, 0.3) is 11.1 Å². The van der Waals surface area contributed by atoms with E-state index in [4.69, 9.17) is 4.74 Å². The summed E-state index contributed by atoms with van der Waals surface area (Å²) in [6.45, 7) is 0. The summed E-state index contributed by atoms with van der Waals surface area (Å²) >= 11 is 1.14. The zero-order valence-electron chi connectivity index (χ0n) is 14.9. The van der Waals surface area contributed by atoms with Gasteiger partial charge < -0.3 is 15.2 Å². The molecule has 2 N–H and O–H groups in total. The highest BCUT2D eigenvalue weighted by atomic mass is 32.1. The largest absolute Gasteiger partial charge is 0.497 e. The Balaban J connectivity index is 1.92. The maximum absolute atomic E-state index is 13.3. The molecule has 0 radical (unpaired) electrons. The van der Waals surface area contributed by atoms with Crippen molar-refractivity contribution in [3.05, 3.63) is 69.7 Å². The Hall–Kier alpha value is -3.19. The lowest BCUT2D eigenvalue weighted by Gasteiger charge is -2.24. The number of thiophene rings is 1. The van der Waals surface area contributed by atoms with Crippen LogP contribution in [0.15, 0.2) is 48.5 Å². The standard InChI is InChI=1S/C21H16FNO4S/c1-27-14-4-2-3-12(9-14)15-10-16(24)23-18-17(11-5-7-13(22)8-6-11)20(21(25)26)28-19(15)18/h2-9,15H,10H2,1H3,(H,23,24)(H,25,26). The maximum Gasteiger partial charge on any atom is 0.346 e. The molecule has 0 aliphatic carbocycles. The van der Waals surface area contributed by atoms with Gasteiger partial charge in [-0.25, -0.2) is 9.18 Å². The van der Waals surface area contributed by atoms with Crippen LogP contribution < -0.4 is 10.1 Å². The molecule has 28 heavy (non-hydrogen) atoms. The van der Waals surface area contributed by atoms with Crippen LogP contribution in [0.2, 0.25) is 0 Å². The molecule has 0 fully saturated rings. The summed E-state index contributed by atoms with van der Waals surface area (Å²) in [5, 5.41) is 12.6. The van der Waals surface area contributed by atoms with Gasteiger partial charge in [0.1, 0.15) is 16.4 Å². The molecule has 142 valence electrons. The first-order valence-electron chi connectivity index (χ1n) is 8.57. The summed E-state index contributed by atoms with van der Waals surface area (Å²) in [5.74, 6) is -1.31. The van der Waals surface area contributed by atoms with Crippen molar-refractivity contribution in [3.63, 3.8) is 0 Å². The fourth-order valence-electron chi connectivity index (χ4n) is 3.46. The smallest absolute Gasteiger partial charge is 0.346 e. The molecule has 1 amide bonds. The van der Waals surface area contributed by atoms with Gasteiger partial charge in [-0.15, -0.1) is 11.3 Å². The summed E-state index contributed by atoms with van der Waals surface area (Å²) in [7, 11) is 1.57. The van der Waals surface area contributed by atoms with E-state index in [9.17, 15) is 19.1 Å². The molecule has 0 saturated heterocycles. The predicted octanol–water partition coefficient (Wildman–Crippen LogP) is 4.74. The van der Waals surface area contributed by atoms with Gasteiger partial charge in [-0.05, 0) is 35.4 Å². The molecule has 0 bridgehead atoms. The monoisotopic (exact) mass is 397 g/mol. The summed E-state index contributed by atoms with van der Waals surface area (Å²) in [6, 6.07) is 13.0. The minimum absolute atomic E-state index is 0.117. The van der Waals surface area contributed by atoms with Crippen LogP contribution >= 0.6 is 11.3 Å². The van der Waals surface area contributed by atoms with Crippen molar-refractivity contribution in [1.29, 1.82) is 0 Å². The number of methoxy groups -OCH3 is 1. The Morgan fingerprint density at radius 3 is 2.68 bits per heavy atom. The van der Waals surface area contributed by atoms with Gasteiger partial charge in [-0.1, -0.05) is 24.3 Å². The molecule has 0 spiro atoms. The lowest BCUT2D eigenvalue weighted by molar-refractivity contribution is -0.116. The van der Waals surface area contributed by atoms with Gasteiger partial charge in [0.2, 0.25) is 5.91 Å². The van der Waals surface area contributed by atoms with Crippen LogP contribution in [0.3, 0.4) is 0 Å². The second kappa shape index (κ2) is 7.09. The highest BCUT2D eigenvalue weighted by molar-refractivity contribution is 7.15. The fourth-order valence-corrected chi connectivity index (χ4v) is 4.70. The van der Waals surface area contributed by atoms with E-state index >= 15 is 0 Å². The lowest BCUT2D eigenvalue weighted by atomic mass is 9.88. The number of carboxylic acids is 1. The maximum atomic E-state index is 13.3. The molecule has 7 heteroatoms. The molecule has 2 aromatic carbocycles. The van der Waals surface area contributed by atoms with E-state index in [-0.39, 0.29) is 23.1 Å². The number of amides is 1. The van der Waals surface area contributed by atoms with Crippen molar-refractivity contribution < 1.29 is 23.8 Å². The number of benzene rings is 2. The summed E-state index contributed by atoms with van der Waals surface area (Å²) in [4.78, 5) is 25.2. The molecule has 1 aromatic heterocycles. The van der Waals surface area contributed by atoms with Crippen LogP contribution in [0.4, 0.5) is 10.1 Å². The van der Waals surface area contributed by atoms with Crippen molar-refractivity contribution in [2.75, 3.05) is 12.4 Å². The van der Waals surface area contributed by atoms with Crippen LogP contribution in [-0.4, -0.2) is 24.1 Å². The van der Waals surface area contributed by atoms with Crippen LogP contribution in [0.1, 0.15) is 32.5 Å². The quantitative estimate of drug-likeness (QED) is 0.667. The van der Waals surface area contributed by atoms with Crippen molar-refractivity contribution >= 4 is 28.9 Å². The Kier molecular flexibility index (Phi) is 4.60. The van der Waals surface area contributed by atoms with Gasteiger partial charge in [0, 0.05) is 22.8 Å². The average molecular weight is 397 g/mol. The molecule has 1 aliphatic rings. The van der Waals surface area contributed by atoms with E-state index in [1.807, 2.05) is 24.3 Å². The van der Waals surface area contributed by atoms with E-state index in [0.717, 1.165) is 21.8 Å². The van der Waals surface area contributed by atoms with Gasteiger partial charge in [0.25, 0.3) is 0 Å². The SMILES string of the molecule is COc1cccc(C2CC(=O)Nc3c2sc(C(=O)O)c3-c2ccc(F)cc2)c1. The molecule has 1 unspecified atom stereocenters. The van der Waals surface area contributed by atoms with E-state index in [1.165, 1.54) is 24.3 Å². The summed E-state index contributed by atoms with van der Waals surface area (Å²) in [6.07, 6.45) is 0.211. The topological polar surface area (TPSA) is 75.6 Å². The third-order valence-corrected chi connectivity index (χ3v) is 6.02. The fraction of sp³-hybridized carbons (Fsp3) is 0.143. The molecule has 5 nitrogen and oxygen atoms in total. The minimum Gasteiger partial charge on any atom is -0.497 e. The van der Waals surface area contributed by atoms with E-state index in [0.29, 0.717) is 22.6 Å². The number of carbonyl (C=O) groups is 2. The highest BCUT2D eigenvalue weighted by Crippen LogP contribution is 2.49. The zero-order chi connectivity index (χ0) is 19.8. The van der Waals surface area contributed by atoms with Crippen LogP contribution in [0.5, 0.6) is 5.75 Å². The number of fused-ring (bicyclic) bond motifs is 1. The summed E-state index contributed by atoms with van der Waals surface area (Å²) in [5.41, 5.74) is 2.31. The number of halogens is 1. The van der Waals surface area contributed by atoms with Crippen molar-refractivity contribution in [3.8, 4) is 16.9 Å². The van der Waals surface area contributed by atoms with Gasteiger partial charge in [0.05, 0.1) is 12.8 Å². The van der Waals surface area contributed by atoms with Gasteiger partial charge >= 0.3 is 5.97 Å². The first-order valence-corrected chi connectivity index (χ1v) is 9.39. The van der Waals surface area contributed by atoms with Crippen LogP contribution in [-0.2, 0) is 4.79 Å². The van der Waals surface area contributed by atoms with Crippen molar-refractivity contribution in [1.82, 2.24) is 0 Å². The average Bonchev–Trinajstić information content (AvgIpc) is 3.07. The van der Waals surface area contributed by atoms with E-state index in [2.05, 4.69) is 5.32 Å². The number of nitrogens with one attached hydrogen (secondary N) is 1. The highest BCUT2D eigenvalue weighted by Gasteiger charge is 2.34. The first kappa shape index (κ1) is 18.2. The molecule has 1 aliphatic heterocycles. The molecule has 2 heterocycles. The summed E-state index contributed by atoms with van der Waals surface area (Å²) < 4.78 is 18.6. The Morgan fingerprint density at radius 2 is 2.00 bits per heavy atom. The Bertz CT molecular complexity index is 1070. The van der Waals surface area contributed by atoms with Crippen LogP contribution in [0, 0.1) is 5.82 Å². The molecular weight excluding hydrogens is 381 g/mol. The Morgan fingerprint density at radius 1 is 1.25 bits per heavy atom. The number of aromatic carboxylic acids is 1. The van der Waals surface area contributed by atoms with Crippen molar-refractivity contribution in [2.45, 2.75) is 12.3 Å². The van der Waals surface area contributed by atoms with E-state index in [1.54, 1.807) is 7.11 Å². The number of carbonyl (C=O) groups excluding carboxylic acids is 1. The number of carboxylic acid groups (broad SMARTS) is 1. The number of hydrogen-bond donors (Lipinski definition) is 2. The molecule has 4 rings (SSSR count). The van der Waals surface area contributed by atoms with Gasteiger partial charge in [-0.3, -0.25) is 4.79 Å². The number of hydrogen-bond acceptors (Lipinski definition) is 4. The lowest BCUT2D eigenvalue weighted by Crippen LogP contribution is -2.22. The molecule has 1 atom stereocenters. The second-order valence-corrected chi connectivity index (χ2v) is 7.49. The van der Waals surface area contributed by atoms with Crippen molar-refractivity contribution in [2.24, 2.45) is 0 Å². The predicted molar refractivity (Wildman–Crippen MR) is 105 cm³/mol. The molecular formula is C21H16FNO4S. The number of rotatable bonds is 4. The number of ether oxygens (including phenoxy) is 1. The molecule has 3 aromatic rings. The zero-order valence-corrected chi connectivity index (χ0v) is 15.7. The van der Waals surface area contributed by atoms with Gasteiger partial charge in [-0.2, -0.15) is 0 Å². The van der Waals surface area contributed by atoms with Gasteiger partial charge in [0.15, 0.2) is 0 Å². The normalized spacial score (nSPS) is 15.6. The Labute approximate surface area is 164 Å². The molecule has 0 saturated carbocycles. The third-order valence-electron chi connectivity index (χ3n) is 4.73. The van der Waals surface area contributed by atoms with E-state index < -0.39 is 11.8 Å². The number of anilines is 1. The minimum atomic E-state index is -1.09.